The topological polar surface area (TPSA) is 69.7 Å². The average Bonchev–Trinajstić information content (AvgIpc) is 2.66. The van der Waals surface area contributed by atoms with E-state index < -0.39 is 39.0 Å². The molecule has 3 rings (SSSR count). The van der Waals surface area contributed by atoms with Gasteiger partial charge in [-0.15, -0.1) is 0 Å². The standard InChI is InChI=1S/C18H18ClF2N3O3S/c19-13-3-1-4-14(11-13)23-7-9-24(10-8-23)17(25)12-22-28(26,27)18-15(20)5-2-6-16(18)21/h1-6,11,22H,7-10,12H2. The summed E-state index contributed by atoms with van der Waals surface area (Å²) in [6.45, 7) is 1.32. The molecule has 1 aliphatic heterocycles. The zero-order valence-electron chi connectivity index (χ0n) is 14.7. The fourth-order valence-corrected chi connectivity index (χ4v) is 4.26. The van der Waals surface area contributed by atoms with Gasteiger partial charge in [0.05, 0.1) is 6.54 Å². The first kappa shape index (κ1) is 20.5. The highest BCUT2D eigenvalue weighted by Crippen LogP contribution is 2.21. The zero-order valence-corrected chi connectivity index (χ0v) is 16.3. The summed E-state index contributed by atoms with van der Waals surface area (Å²) < 4.78 is 53.6. The molecule has 0 aromatic heterocycles. The van der Waals surface area contributed by atoms with Gasteiger partial charge in [0.15, 0.2) is 4.90 Å². The van der Waals surface area contributed by atoms with Crippen molar-refractivity contribution in [2.75, 3.05) is 37.6 Å². The van der Waals surface area contributed by atoms with E-state index in [9.17, 15) is 22.0 Å². The van der Waals surface area contributed by atoms with Crippen molar-refractivity contribution in [1.29, 1.82) is 0 Å². The van der Waals surface area contributed by atoms with Gasteiger partial charge in [0.1, 0.15) is 11.6 Å². The molecule has 6 nitrogen and oxygen atoms in total. The van der Waals surface area contributed by atoms with Crippen LogP contribution in [0, 0.1) is 11.6 Å². The first-order valence-corrected chi connectivity index (χ1v) is 10.4. The van der Waals surface area contributed by atoms with E-state index in [4.69, 9.17) is 11.6 Å². The number of nitrogens with zero attached hydrogens (tertiary/aromatic N) is 2. The second-order valence-electron chi connectivity index (χ2n) is 6.22. The van der Waals surface area contributed by atoms with Crippen LogP contribution in [0.4, 0.5) is 14.5 Å². The highest BCUT2D eigenvalue weighted by Gasteiger charge is 2.26. The highest BCUT2D eigenvalue weighted by atomic mass is 35.5. The summed E-state index contributed by atoms with van der Waals surface area (Å²) in [4.78, 5) is 14.8. The number of rotatable bonds is 5. The van der Waals surface area contributed by atoms with Crippen LogP contribution in [0.15, 0.2) is 47.4 Å². The summed E-state index contributed by atoms with van der Waals surface area (Å²) in [5.41, 5.74) is 0.940. The molecule has 2 aromatic carbocycles. The molecular weight excluding hydrogens is 412 g/mol. The summed E-state index contributed by atoms with van der Waals surface area (Å²) in [6, 6.07) is 10.1. The summed E-state index contributed by atoms with van der Waals surface area (Å²) >= 11 is 5.99. The van der Waals surface area contributed by atoms with Gasteiger partial charge in [-0.3, -0.25) is 4.79 Å². The molecular formula is C18H18ClF2N3O3S. The molecule has 0 radical (unpaired) electrons. The highest BCUT2D eigenvalue weighted by molar-refractivity contribution is 7.89. The van der Waals surface area contributed by atoms with Gasteiger partial charge in [-0.2, -0.15) is 0 Å². The molecule has 2 aromatic rings. The molecule has 1 fully saturated rings. The third-order valence-electron chi connectivity index (χ3n) is 4.41. The van der Waals surface area contributed by atoms with Crippen LogP contribution < -0.4 is 9.62 Å². The van der Waals surface area contributed by atoms with Crippen LogP contribution >= 0.6 is 11.6 Å². The lowest BCUT2D eigenvalue weighted by Gasteiger charge is -2.36. The van der Waals surface area contributed by atoms with Crippen molar-refractivity contribution in [3.63, 3.8) is 0 Å². The Labute approximate surface area is 166 Å². The number of hydrogen-bond donors (Lipinski definition) is 1. The van der Waals surface area contributed by atoms with Crippen molar-refractivity contribution in [1.82, 2.24) is 9.62 Å². The van der Waals surface area contributed by atoms with Gasteiger partial charge in [-0.05, 0) is 30.3 Å². The van der Waals surface area contributed by atoms with Crippen molar-refractivity contribution in [3.8, 4) is 0 Å². The molecule has 10 heteroatoms. The minimum Gasteiger partial charge on any atom is -0.368 e. The SMILES string of the molecule is O=C(CNS(=O)(=O)c1c(F)cccc1F)N1CCN(c2cccc(Cl)c2)CC1. The first-order chi connectivity index (χ1) is 13.3. The molecule has 0 spiro atoms. The number of nitrogens with one attached hydrogen (secondary N) is 1. The minimum absolute atomic E-state index is 0.390. The summed E-state index contributed by atoms with van der Waals surface area (Å²) in [7, 11) is -4.49. The molecule has 1 amide bonds. The van der Waals surface area contributed by atoms with Crippen molar-refractivity contribution in [2.45, 2.75) is 4.90 Å². The fraction of sp³-hybridized carbons (Fsp3) is 0.278. The maximum atomic E-state index is 13.7. The number of carbonyl (C=O) groups is 1. The van der Waals surface area contributed by atoms with E-state index in [2.05, 4.69) is 4.90 Å². The average molecular weight is 430 g/mol. The number of carbonyl (C=O) groups excluding carboxylic acids is 1. The Bertz CT molecular complexity index is 960. The molecule has 0 aliphatic carbocycles. The maximum Gasteiger partial charge on any atom is 0.246 e. The number of hydrogen-bond acceptors (Lipinski definition) is 4. The Morgan fingerprint density at radius 2 is 1.64 bits per heavy atom. The van der Waals surface area contributed by atoms with E-state index >= 15 is 0 Å². The molecule has 1 heterocycles. The summed E-state index contributed by atoms with van der Waals surface area (Å²) in [5, 5.41) is 0.616. The third-order valence-corrected chi connectivity index (χ3v) is 6.09. The maximum absolute atomic E-state index is 13.7. The largest absolute Gasteiger partial charge is 0.368 e. The first-order valence-electron chi connectivity index (χ1n) is 8.50. The van der Waals surface area contributed by atoms with E-state index in [0.717, 1.165) is 23.9 Å². The Kier molecular flexibility index (Phi) is 6.17. The number of piperazine rings is 1. The molecule has 28 heavy (non-hydrogen) atoms. The van der Waals surface area contributed by atoms with Crippen molar-refractivity contribution >= 4 is 33.2 Å². The molecule has 1 saturated heterocycles. The van der Waals surface area contributed by atoms with Crippen LogP contribution in [0.1, 0.15) is 0 Å². The molecule has 150 valence electrons. The van der Waals surface area contributed by atoms with Gasteiger partial charge in [0, 0.05) is 36.9 Å². The second-order valence-corrected chi connectivity index (χ2v) is 8.36. The predicted molar refractivity (Wildman–Crippen MR) is 102 cm³/mol. The normalized spacial score (nSPS) is 15.0. The van der Waals surface area contributed by atoms with Crippen LogP contribution in [-0.2, 0) is 14.8 Å². The van der Waals surface area contributed by atoms with Gasteiger partial charge >= 0.3 is 0 Å². The van der Waals surface area contributed by atoms with Crippen molar-refractivity contribution in [2.24, 2.45) is 0 Å². The molecule has 0 saturated carbocycles. The smallest absolute Gasteiger partial charge is 0.246 e. The number of anilines is 1. The Morgan fingerprint density at radius 1 is 1.04 bits per heavy atom. The van der Waals surface area contributed by atoms with Crippen molar-refractivity contribution < 1.29 is 22.0 Å². The number of amides is 1. The number of sulfonamides is 1. The molecule has 0 atom stereocenters. The lowest BCUT2D eigenvalue weighted by molar-refractivity contribution is -0.130. The fourth-order valence-electron chi connectivity index (χ4n) is 2.97. The molecule has 1 aliphatic rings. The Hall–Kier alpha value is -2.23. The van der Waals surface area contributed by atoms with E-state index in [-0.39, 0.29) is 0 Å². The van der Waals surface area contributed by atoms with Gasteiger partial charge in [0.2, 0.25) is 15.9 Å². The quantitative estimate of drug-likeness (QED) is 0.791. The zero-order chi connectivity index (χ0) is 20.3. The molecule has 0 unspecified atom stereocenters. The van der Waals surface area contributed by atoms with E-state index in [1.165, 1.54) is 4.90 Å². The van der Waals surface area contributed by atoms with E-state index in [1.54, 1.807) is 6.07 Å². The number of halogens is 3. The second kappa shape index (κ2) is 8.42. The molecule has 0 bridgehead atoms. The number of benzene rings is 2. The van der Waals surface area contributed by atoms with E-state index in [0.29, 0.717) is 31.2 Å². The van der Waals surface area contributed by atoms with Crippen LogP contribution in [0.25, 0.3) is 0 Å². The Balaban J connectivity index is 1.58. The summed E-state index contributed by atoms with van der Waals surface area (Å²) in [6.07, 6.45) is 0. The predicted octanol–water partition coefficient (Wildman–Crippen LogP) is 2.25. The monoisotopic (exact) mass is 429 g/mol. The third kappa shape index (κ3) is 4.60. The molecule has 1 N–H and O–H groups in total. The minimum atomic E-state index is -4.49. The van der Waals surface area contributed by atoms with Crippen molar-refractivity contribution in [3.05, 3.63) is 59.1 Å². The van der Waals surface area contributed by atoms with Gasteiger partial charge in [-0.25, -0.2) is 21.9 Å². The lowest BCUT2D eigenvalue weighted by atomic mass is 10.2. The van der Waals surface area contributed by atoms with Gasteiger partial charge in [0.25, 0.3) is 0 Å². The van der Waals surface area contributed by atoms with Crippen LogP contribution in [0.2, 0.25) is 5.02 Å². The van der Waals surface area contributed by atoms with E-state index in [1.807, 2.05) is 22.9 Å². The van der Waals surface area contributed by atoms with Crippen LogP contribution in [-0.4, -0.2) is 51.9 Å². The summed E-state index contributed by atoms with van der Waals surface area (Å²) in [5.74, 6) is -2.89. The van der Waals surface area contributed by atoms with Crippen LogP contribution in [0.5, 0.6) is 0 Å². The lowest BCUT2D eigenvalue weighted by Crippen LogP contribution is -2.51. The van der Waals surface area contributed by atoms with Crippen LogP contribution in [0.3, 0.4) is 0 Å². The Morgan fingerprint density at radius 3 is 2.25 bits per heavy atom. The van der Waals surface area contributed by atoms with Gasteiger partial charge in [-0.1, -0.05) is 23.7 Å². The van der Waals surface area contributed by atoms with Gasteiger partial charge < -0.3 is 9.80 Å².